The summed E-state index contributed by atoms with van der Waals surface area (Å²) >= 11 is 0. The molecule has 0 aliphatic carbocycles. The Balaban J connectivity index is 1.60. The molecule has 5 heterocycles. The fourth-order valence-corrected chi connectivity index (χ4v) is 8.45. The molecule has 60 heavy (non-hydrogen) atoms. The number of hydrogen-bond donors (Lipinski definition) is 3. The number of aliphatic hydroxyl groups excluding tert-OH is 1. The molecular weight excluding hydrogens is 778 g/mol. The van der Waals surface area contributed by atoms with Gasteiger partial charge in [0.2, 0.25) is 5.91 Å². The maximum Gasteiger partial charge on any atom is 0.316 e. The van der Waals surface area contributed by atoms with Crippen LogP contribution in [-0.2, 0) is 49.5 Å². The first kappa shape index (κ1) is 46.9. The van der Waals surface area contributed by atoms with E-state index < -0.39 is 83.7 Å². The number of fused-ring (bicyclic) bond motifs is 5. The van der Waals surface area contributed by atoms with E-state index in [2.05, 4.69) is 20.1 Å². The minimum atomic E-state index is -1.86. The minimum Gasteiger partial charge on any atom is -0.459 e. The largest absolute Gasteiger partial charge is 0.459 e. The van der Waals surface area contributed by atoms with E-state index in [1.54, 1.807) is 56.1 Å². The van der Waals surface area contributed by atoms with Crippen LogP contribution in [0, 0.1) is 23.7 Å². The molecule has 0 aromatic carbocycles. The molecule has 2 aromatic rings. The number of cyclic esters (lactones) is 1. The van der Waals surface area contributed by atoms with Crippen LogP contribution in [0.5, 0.6) is 0 Å². The number of esters is 1. The van der Waals surface area contributed by atoms with Gasteiger partial charge >= 0.3 is 5.97 Å². The number of imidazole rings is 1. The molecule has 0 saturated carbocycles. The fraction of sp³-hybridized carbons (Fsp3) is 0.690. The SMILES string of the molecule is CC[C@H]1OC(=O)[C@H](C)C(=O)[C@H](C)[C@@H](O[C@@H]2O[C@H](C)C[C@H](N(C)C)[C@H]2O)[C@H]2C[C@@H](C)C(=NC(C)=O)[C@H](C)[C@H](OC/C(=N\OCc3cn(-c4cccc(N)n4)cn3)CO2)[C@]1(C)O. The first-order valence-electron chi connectivity index (χ1n) is 20.7. The average Bonchev–Trinajstić information content (AvgIpc) is 3.67. The van der Waals surface area contributed by atoms with Gasteiger partial charge in [0.25, 0.3) is 0 Å². The molecule has 0 radical (unpaired) electrons. The highest BCUT2D eigenvalue weighted by Crippen LogP contribution is 2.36. The van der Waals surface area contributed by atoms with E-state index >= 15 is 0 Å². The van der Waals surface area contributed by atoms with Gasteiger partial charge in [-0.3, -0.25) is 19.0 Å². The lowest BCUT2D eigenvalue weighted by molar-refractivity contribution is -0.284. The number of nitrogens with zero attached hydrogens (tertiary/aromatic N) is 6. The van der Waals surface area contributed by atoms with Crippen molar-refractivity contribution < 1.29 is 53.1 Å². The highest BCUT2D eigenvalue weighted by atomic mass is 16.7. The number of amides is 1. The van der Waals surface area contributed by atoms with Gasteiger partial charge < -0.3 is 49.4 Å². The lowest BCUT2D eigenvalue weighted by atomic mass is 9.76. The van der Waals surface area contributed by atoms with Crippen molar-refractivity contribution in [3.8, 4) is 5.82 Å². The maximum absolute atomic E-state index is 14.4. The average molecular weight is 842 g/mol. The second-order valence-corrected chi connectivity index (χ2v) is 16.8. The molecule has 3 aliphatic rings. The lowest BCUT2D eigenvalue weighted by Gasteiger charge is -2.44. The third-order valence-corrected chi connectivity index (χ3v) is 11.8. The van der Waals surface area contributed by atoms with E-state index in [-0.39, 0.29) is 50.5 Å². The highest BCUT2D eigenvalue weighted by Gasteiger charge is 2.50. The zero-order valence-corrected chi connectivity index (χ0v) is 36.4. The summed E-state index contributed by atoms with van der Waals surface area (Å²) in [5.74, 6) is -4.37. The summed E-state index contributed by atoms with van der Waals surface area (Å²) in [7, 11) is 3.72. The van der Waals surface area contributed by atoms with E-state index in [9.17, 15) is 24.6 Å². The second-order valence-electron chi connectivity index (χ2n) is 16.8. The van der Waals surface area contributed by atoms with Gasteiger partial charge in [-0.15, -0.1) is 0 Å². The Morgan fingerprint density at radius 2 is 1.82 bits per heavy atom. The Labute approximate surface area is 351 Å². The highest BCUT2D eigenvalue weighted by molar-refractivity contribution is 6.00. The molecule has 3 aliphatic heterocycles. The number of hydrogen-bond acceptors (Lipinski definition) is 16. The van der Waals surface area contributed by atoms with Crippen LogP contribution in [0.1, 0.15) is 80.3 Å². The van der Waals surface area contributed by atoms with Crippen LogP contribution in [0.3, 0.4) is 0 Å². The molecular formula is C42H63N7O11. The van der Waals surface area contributed by atoms with E-state index in [0.717, 1.165) is 0 Å². The first-order chi connectivity index (χ1) is 28.3. The van der Waals surface area contributed by atoms with Crippen molar-refractivity contribution in [3.63, 3.8) is 0 Å². The Morgan fingerprint density at radius 1 is 1.10 bits per heavy atom. The normalized spacial score (nSPS) is 36.4. The predicted molar refractivity (Wildman–Crippen MR) is 220 cm³/mol. The van der Waals surface area contributed by atoms with Crippen LogP contribution in [-0.4, -0.2) is 141 Å². The number of pyridine rings is 1. The van der Waals surface area contributed by atoms with Crippen LogP contribution < -0.4 is 5.73 Å². The van der Waals surface area contributed by atoms with Crippen LogP contribution >= 0.6 is 0 Å². The summed E-state index contributed by atoms with van der Waals surface area (Å²) in [6.45, 7) is 12.8. The third-order valence-electron chi connectivity index (χ3n) is 11.8. The van der Waals surface area contributed by atoms with E-state index in [1.807, 2.05) is 32.8 Å². The van der Waals surface area contributed by atoms with Crippen LogP contribution in [0.15, 0.2) is 40.9 Å². The van der Waals surface area contributed by atoms with Gasteiger partial charge in [-0.2, -0.15) is 0 Å². The number of carbonyl (C=O) groups is 3. The number of anilines is 1. The summed E-state index contributed by atoms with van der Waals surface area (Å²) in [6, 6.07) is 4.93. The molecule has 0 unspecified atom stereocenters. The second kappa shape index (κ2) is 20.1. The van der Waals surface area contributed by atoms with Crippen LogP contribution in [0.2, 0.25) is 0 Å². The number of aromatic nitrogens is 3. The van der Waals surface area contributed by atoms with Crippen molar-refractivity contribution in [1.82, 2.24) is 19.4 Å². The predicted octanol–water partition coefficient (Wildman–Crippen LogP) is 2.89. The zero-order valence-electron chi connectivity index (χ0n) is 36.4. The molecule has 2 bridgehead atoms. The Morgan fingerprint density at radius 3 is 2.48 bits per heavy atom. The summed E-state index contributed by atoms with van der Waals surface area (Å²) < 4.78 is 33.8. The number of nitrogens with two attached hydrogens (primary N) is 1. The molecule has 4 N–H and O–H groups in total. The number of aliphatic imine (C=N–C) groups is 1. The number of likely N-dealkylation sites (N-methyl/N-ethyl adjacent to an activating group) is 1. The number of aliphatic hydroxyl groups is 2. The Kier molecular flexibility index (Phi) is 15.7. The molecule has 18 nitrogen and oxygen atoms in total. The van der Waals surface area contributed by atoms with Crippen molar-refractivity contribution in [2.75, 3.05) is 33.0 Å². The van der Waals surface area contributed by atoms with E-state index in [4.69, 9.17) is 34.3 Å². The number of Topliss-reactive ketones (excluding diaryl/α,β-unsaturated/α-hetero) is 1. The summed E-state index contributed by atoms with van der Waals surface area (Å²) in [6.07, 6.45) is -2.71. The summed E-state index contributed by atoms with van der Waals surface area (Å²) in [4.78, 5) is 61.9. The monoisotopic (exact) mass is 841 g/mol. The van der Waals surface area contributed by atoms with Crippen molar-refractivity contribution in [3.05, 3.63) is 36.4 Å². The summed E-state index contributed by atoms with van der Waals surface area (Å²) in [5.41, 5.74) is 5.22. The molecule has 332 valence electrons. The van der Waals surface area contributed by atoms with Gasteiger partial charge in [-0.1, -0.05) is 38.9 Å². The van der Waals surface area contributed by atoms with Gasteiger partial charge in [0.05, 0.1) is 43.3 Å². The molecule has 3 fully saturated rings. The topological polar surface area (TPSA) is 232 Å². The fourth-order valence-electron chi connectivity index (χ4n) is 8.45. The number of rotatable bonds is 8. The van der Waals surface area contributed by atoms with E-state index in [1.165, 1.54) is 20.8 Å². The first-order valence-corrected chi connectivity index (χ1v) is 20.7. The van der Waals surface area contributed by atoms with E-state index in [0.29, 0.717) is 29.5 Å². The zero-order chi connectivity index (χ0) is 44.1. The van der Waals surface area contributed by atoms with Crippen molar-refractivity contribution in [2.45, 2.75) is 136 Å². The molecule has 1 amide bonds. The number of ketones is 1. The van der Waals surface area contributed by atoms with Gasteiger partial charge in [-0.25, -0.2) is 15.0 Å². The number of oxime groups is 1. The number of carbonyl (C=O) groups excluding carboxylic acids is 3. The summed E-state index contributed by atoms with van der Waals surface area (Å²) in [5, 5.41) is 28.4. The molecule has 5 rings (SSSR count). The molecule has 3 saturated heterocycles. The van der Waals surface area contributed by atoms with Crippen LogP contribution in [0.4, 0.5) is 5.82 Å². The van der Waals surface area contributed by atoms with Crippen molar-refractivity contribution in [1.29, 1.82) is 0 Å². The molecule has 0 spiro atoms. The van der Waals surface area contributed by atoms with Crippen molar-refractivity contribution >= 4 is 34.9 Å². The minimum absolute atomic E-state index is 0.0442. The van der Waals surface area contributed by atoms with Gasteiger partial charge in [0.1, 0.15) is 47.4 Å². The van der Waals surface area contributed by atoms with Gasteiger partial charge in [0.15, 0.2) is 18.7 Å². The van der Waals surface area contributed by atoms with Crippen LogP contribution in [0.25, 0.3) is 5.82 Å². The third kappa shape index (κ3) is 11.0. The maximum atomic E-state index is 14.4. The molecule has 13 atom stereocenters. The number of nitrogen functional groups attached to an aromatic ring is 1. The van der Waals surface area contributed by atoms with Gasteiger partial charge in [0, 0.05) is 36.7 Å². The number of ether oxygens (including phenoxy) is 5. The lowest BCUT2D eigenvalue weighted by Crippen LogP contribution is -2.58. The Bertz CT molecular complexity index is 1870. The standard InChI is InChI=1S/C42H63N7O11/c1-11-32-42(8,54)39-24(4)35(45-27(7)50)22(2)15-31(55-18-29(19-56-39)47-57-20-28-17-49(21-44-28)34-14-12-13-33(43)46-34)38(25(5)36(51)26(6)40(53)59-32)60-41-37(52)30(48(9)10)16-23(3)58-41/h12-14,17,21-26,30-32,37-39,41,52,54H,11,15-16,18-20H2,1-10H3,(H2,43,46)/b45-35?,47-29-/t22-,23-,24+,25+,26-,30+,31-,32-,37-,38-,39+,41+,42-/m1/s1. The van der Waals surface area contributed by atoms with Crippen molar-refractivity contribution in [2.24, 2.45) is 33.8 Å². The quantitative estimate of drug-likeness (QED) is 0.197. The smallest absolute Gasteiger partial charge is 0.316 e. The van der Waals surface area contributed by atoms with Gasteiger partial charge in [-0.05, 0) is 72.2 Å². The molecule has 2 aromatic heterocycles. The molecule has 18 heteroatoms. The Hall–Kier alpha value is -4.17.